The molecule has 0 spiro atoms. The zero-order valence-electron chi connectivity index (χ0n) is 26.3. The molecule has 10 nitrogen and oxygen atoms in total. The Kier molecular flexibility index (Phi) is 13.3. The van der Waals surface area contributed by atoms with Gasteiger partial charge in [-0.25, -0.2) is 9.59 Å². The van der Waals surface area contributed by atoms with E-state index in [9.17, 15) is 19.2 Å². The lowest BCUT2D eigenvalue weighted by Crippen LogP contribution is -2.10. The van der Waals surface area contributed by atoms with Crippen LogP contribution in [-0.2, 0) is 22.6 Å². The topological polar surface area (TPSA) is 156 Å². The number of hydrogen-bond donors (Lipinski definition) is 4. The van der Waals surface area contributed by atoms with Crippen LogP contribution in [-0.4, -0.2) is 36.1 Å². The number of hydrogen-bond acceptors (Lipinski definition) is 8. The molecule has 13 heteroatoms. The Morgan fingerprint density at radius 2 is 1.18 bits per heavy atom. The number of anilines is 1. The molecule has 0 atom stereocenters. The highest BCUT2D eigenvalue weighted by atomic mass is 79.9. The number of benzene rings is 4. The van der Waals surface area contributed by atoms with Crippen LogP contribution in [0.1, 0.15) is 31.8 Å². The second-order valence-electron chi connectivity index (χ2n) is 10.3. The number of carbonyl (C=O) groups excluding carboxylic acids is 2. The average molecular weight is 811 g/mol. The van der Waals surface area contributed by atoms with Gasteiger partial charge in [0.15, 0.2) is 0 Å². The van der Waals surface area contributed by atoms with Crippen molar-refractivity contribution >= 4 is 82.9 Å². The summed E-state index contributed by atoms with van der Waals surface area (Å²) in [7, 11) is 2.61. The molecule has 0 aliphatic carbocycles. The van der Waals surface area contributed by atoms with Crippen molar-refractivity contribution in [3.63, 3.8) is 0 Å². The van der Waals surface area contributed by atoms with Gasteiger partial charge in [0.2, 0.25) is 11.1 Å². The van der Waals surface area contributed by atoms with Crippen LogP contribution in [0, 0.1) is 0 Å². The molecule has 0 unspecified atom stereocenters. The molecule has 5 N–H and O–H groups in total. The predicted molar refractivity (Wildman–Crippen MR) is 200 cm³/mol. The first-order valence-electron chi connectivity index (χ1n) is 14.6. The van der Waals surface area contributed by atoms with Gasteiger partial charge in [-0.05, 0) is 67.3 Å². The number of nitrogens with one attached hydrogen (secondary N) is 3. The normalized spacial score (nSPS) is 10.3. The zero-order valence-corrected chi connectivity index (χ0v) is 30.2. The number of pyridine rings is 2. The molecule has 0 saturated heterocycles. The molecule has 0 saturated carbocycles. The Bertz CT molecular complexity index is 2210. The van der Waals surface area contributed by atoms with Gasteiger partial charge in [-0.1, -0.05) is 72.3 Å². The molecule has 4 aromatic carbocycles. The van der Waals surface area contributed by atoms with E-state index >= 15 is 0 Å². The smallest absolute Gasteiger partial charge is 0.339 e. The van der Waals surface area contributed by atoms with Crippen LogP contribution >= 0.6 is 43.5 Å². The molecule has 6 aromatic rings. The van der Waals surface area contributed by atoms with Crippen molar-refractivity contribution in [2.45, 2.75) is 13.1 Å². The highest BCUT2D eigenvalue weighted by Gasteiger charge is 2.15. The van der Waals surface area contributed by atoms with E-state index in [-0.39, 0.29) is 11.1 Å². The Balaban J connectivity index is 0.000000187. The van der Waals surface area contributed by atoms with E-state index in [1.165, 1.54) is 38.0 Å². The number of aromatic nitrogens is 2. The van der Waals surface area contributed by atoms with Gasteiger partial charge < -0.3 is 30.5 Å². The molecule has 252 valence electrons. The van der Waals surface area contributed by atoms with Crippen LogP contribution in [0.4, 0.5) is 5.69 Å². The summed E-state index contributed by atoms with van der Waals surface area (Å²) >= 11 is 12.6. The fraction of sp³-hybridized carbons (Fsp3) is 0.111. The van der Waals surface area contributed by atoms with Gasteiger partial charge in [-0.2, -0.15) is 0 Å². The maximum Gasteiger partial charge on any atom is 0.339 e. The van der Waals surface area contributed by atoms with Crippen LogP contribution in [0.5, 0.6) is 0 Å². The summed E-state index contributed by atoms with van der Waals surface area (Å²) in [6.07, 6.45) is 0. The monoisotopic (exact) mass is 808 g/mol. The lowest BCUT2D eigenvalue weighted by Gasteiger charge is -2.11. The molecular weight excluding hydrogens is 780 g/mol. The van der Waals surface area contributed by atoms with Crippen molar-refractivity contribution < 1.29 is 19.1 Å². The summed E-state index contributed by atoms with van der Waals surface area (Å²) in [5.41, 5.74) is 9.55. The molecule has 0 aliphatic heterocycles. The first-order chi connectivity index (χ1) is 23.5. The van der Waals surface area contributed by atoms with Gasteiger partial charge >= 0.3 is 11.9 Å². The Morgan fingerprint density at radius 3 is 1.67 bits per heavy atom. The lowest BCUT2D eigenvalue weighted by molar-refractivity contribution is 0.0591. The second kappa shape index (κ2) is 17.6. The summed E-state index contributed by atoms with van der Waals surface area (Å²) in [6, 6.07) is 29.3. The first kappa shape index (κ1) is 37.1. The van der Waals surface area contributed by atoms with Crippen molar-refractivity contribution in [2.24, 2.45) is 5.73 Å². The number of halogens is 3. The van der Waals surface area contributed by atoms with E-state index in [4.69, 9.17) is 22.1 Å². The fourth-order valence-electron chi connectivity index (χ4n) is 4.60. The fourth-order valence-corrected chi connectivity index (χ4v) is 5.87. The van der Waals surface area contributed by atoms with Crippen LogP contribution in [0.15, 0.2) is 116 Å². The maximum atomic E-state index is 11.9. The molecule has 2 heterocycles. The van der Waals surface area contributed by atoms with Crippen LogP contribution in [0.2, 0.25) is 5.02 Å². The quantitative estimate of drug-likeness (QED) is 0.126. The van der Waals surface area contributed by atoms with Crippen molar-refractivity contribution in [1.82, 2.24) is 9.97 Å². The highest BCUT2D eigenvalue weighted by Crippen LogP contribution is 2.29. The molecular formula is C36H31Br2ClN4O6. The molecule has 2 aromatic heterocycles. The third kappa shape index (κ3) is 9.89. The molecule has 6 rings (SSSR count). The summed E-state index contributed by atoms with van der Waals surface area (Å²) < 4.78 is 10.6. The van der Waals surface area contributed by atoms with E-state index in [1.807, 2.05) is 60.7 Å². The van der Waals surface area contributed by atoms with E-state index in [0.717, 1.165) is 10.9 Å². The second-order valence-corrected chi connectivity index (χ2v) is 12.4. The third-order valence-corrected chi connectivity index (χ3v) is 8.65. The summed E-state index contributed by atoms with van der Waals surface area (Å²) in [5, 5.41) is 5.08. The minimum Gasteiger partial charge on any atom is -0.465 e. The van der Waals surface area contributed by atoms with Crippen LogP contribution < -0.4 is 22.2 Å². The first-order valence-corrected chi connectivity index (χ1v) is 16.6. The summed E-state index contributed by atoms with van der Waals surface area (Å²) in [5.74, 6) is -0.952. The minimum atomic E-state index is -0.486. The number of aromatic amines is 2. The van der Waals surface area contributed by atoms with E-state index in [0.29, 0.717) is 60.3 Å². The summed E-state index contributed by atoms with van der Waals surface area (Å²) in [4.78, 5) is 51.8. The predicted octanol–water partition coefficient (Wildman–Crippen LogP) is 7.57. The zero-order chi connectivity index (χ0) is 35.5. The molecule has 0 aliphatic rings. The van der Waals surface area contributed by atoms with Gasteiger partial charge in [0.05, 0.1) is 41.4 Å². The molecule has 0 bridgehead atoms. The van der Waals surface area contributed by atoms with Crippen LogP contribution in [0.3, 0.4) is 0 Å². The average Bonchev–Trinajstić information content (AvgIpc) is 3.11. The molecule has 0 amide bonds. The number of carbonyl (C=O) groups is 2. The SMILES string of the molecule is COC(=O)c1cc2[nH]c(=O)cc(Cl)c2cc1Br.COC(=O)c1cc2[nH]c(=O)cc(NCc3ccccc3)c2cc1Br.NCc1ccccc1. The van der Waals surface area contributed by atoms with Gasteiger partial charge in [0, 0.05) is 50.6 Å². The Morgan fingerprint density at radius 1 is 0.714 bits per heavy atom. The van der Waals surface area contributed by atoms with Gasteiger partial charge in [-0.15, -0.1) is 0 Å². The van der Waals surface area contributed by atoms with Gasteiger partial charge in [0.1, 0.15) is 0 Å². The minimum absolute atomic E-state index is 0.240. The third-order valence-electron chi connectivity index (χ3n) is 7.03. The standard InChI is InChI=1S/C18H15BrN2O3.C11H7BrClNO3.C7H9N/c1-24-18(23)12-8-16-13(7-14(12)19)15(9-17(22)21-16)20-10-11-5-3-2-4-6-11;1-17-11(16)5-3-9-6(2-7(5)12)8(13)4-10(15)14-9;8-6-7-4-2-1-3-5-7/h2-9H,10H2,1H3,(H2,20,21,22);2-4H,1H3,(H,14,15);1-5H,6,8H2. The molecule has 0 fully saturated rings. The van der Waals surface area contributed by atoms with Crippen molar-refractivity contribution in [3.05, 3.63) is 154 Å². The number of fused-ring (bicyclic) bond motifs is 2. The highest BCUT2D eigenvalue weighted by molar-refractivity contribution is 9.10. The number of H-pyrrole nitrogens is 2. The van der Waals surface area contributed by atoms with Gasteiger partial charge in [-0.3, -0.25) is 9.59 Å². The lowest BCUT2D eigenvalue weighted by atomic mass is 10.1. The van der Waals surface area contributed by atoms with Crippen LogP contribution in [0.25, 0.3) is 21.8 Å². The molecule has 0 radical (unpaired) electrons. The number of nitrogens with two attached hydrogens (primary N) is 1. The number of methoxy groups -OCH3 is 2. The van der Waals surface area contributed by atoms with E-state index in [1.54, 1.807) is 18.2 Å². The number of rotatable bonds is 6. The Hall–Kier alpha value is -4.75. The van der Waals surface area contributed by atoms with Crippen molar-refractivity contribution in [2.75, 3.05) is 19.5 Å². The van der Waals surface area contributed by atoms with E-state index < -0.39 is 11.9 Å². The van der Waals surface area contributed by atoms with Gasteiger partial charge in [0.25, 0.3) is 0 Å². The van der Waals surface area contributed by atoms with Crippen molar-refractivity contribution in [3.8, 4) is 0 Å². The number of esters is 2. The largest absolute Gasteiger partial charge is 0.465 e. The Labute approximate surface area is 302 Å². The van der Waals surface area contributed by atoms with E-state index in [2.05, 4.69) is 51.9 Å². The summed E-state index contributed by atoms with van der Waals surface area (Å²) in [6.45, 7) is 1.23. The van der Waals surface area contributed by atoms with Crippen molar-refractivity contribution in [1.29, 1.82) is 0 Å². The molecule has 49 heavy (non-hydrogen) atoms. The number of ether oxygens (including phenoxy) is 2. The maximum absolute atomic E-state index is 11.9.